The predicted molar refractivity (Wildman–Crippen MR) is 171 cm³/mol. The SMILES string of the molecule is CC(C)c1cccc(C(C)C)c1[N+]1=C2C(=[N+](c3c(C(C)C)cccc3C(C)C)C1C)c1cccc3cccc2c13. The molecular weight excluding hydrogens is 484 g/mol. The monoisotopic (exact) mass is 528 g/mol. The average Bonchev–Trinajstić information content (AvgIpc) is 3.40. The van der Waals surface area contributed by atoms with Crippen LogP contribution in [0.5, 0.6) is 0 Å². The molecule has 0 N–H and O–H groups in total. The quantitative estimate of drug-likeness (QED) is 0.220. The van der Waals surface area contributed by atoms with Crippen molar-refractivity contribution in [2.45, 2.75) is 92.2 Å². The minimum atomic E-state index is 0.128. The van der Waals surface area contributed by atoms with Crippen LogP contribution in [-0.4, -0.2) is 26.7 Å². The van der Waals surface area contributed by atoms with Gasteiger partial charge in [0.15, 0.2) is 0 Å². The highest BCUT2D eigenvalue weighted by Gasteiger charge is 2.55. The molecule has 0 fully saturated rings. The molecule has 0 bridgehead atoms. The molecule has 1 aliphatic carbocycles. The van der Waals surface area contributed by atoms with Crippen molar-refractivity contribution in [1.82, 2.24) is 0 Å². The lowest BCUT2D eigenvalue weighted by atomic mass is 9.91. The maximum atomic E-state index is 2.70. The Morgan fingerprint density at radius 3 is 1.12 bits per heavy atom. The van der Waals surface area contributed by atoms with E-state index in [1.165, 1.54) is 67.0 Å². The Labute approximate surface area is 240 Å². The summed E-state index contributed by atoms with van der Waals surface area (Å²) in [4.78, 5) is 0. The average molecular weight is 529 g/mol. The highest BCUT2D eigenvalue weighted by molar-refractivity contribution is 6.58. The molecule has 0 aromatic heterocycles. The van der Waals surface area contributed by atoms with Crippen LogP contribution in [0, 0.1) is 0 Å². The van der Waals surface area contributed by atoms with Gasteiger partial charge in [-0.05, 0) is 41.2 Å². The van der Waals surface area contributed by atoms with Crippen molar-refractivity contribution < 1.29 is 9.15 Å². The summed E-state index contributed by atoms with van der Waals surface area (Å²) in [7, 11) is 0. The summed E-state index contributed by atoms with van der Waals surface area (Å²) in [5.74, 6) is 1.70. The van der Waals surface area contributed by atoms with E-state index >= 15 is 0 Å². The Morgan fingerprint density at radius 2 is 0.800 bits per heavy atom. The molecule has 4 aromatic rings. The van der Waals surface area contributed by atoms with Gasteiger partial charge in [-0.3, -0.25) is 0 Å². The third-order valence-electron chi connectivity index (χ3n) is 9.04. The van der Waals surface area contributed by atoms with Crippen molar-refractivity contribution in [1.29, 1.82) is 0 Å². The van der Waals surface area contributed by atoms with Crippen LogP contribution in [0.1, 0.15) is 119 Å². The summed E-state index contributed by atoms with van der Waals surface area (Å²) in [5, 5.41) is 2.71. The molecule has 2 aliphatic rings. The lowest BCUT2D eigenvalue weighted by Gasteiger charge is -2.20. The third-order valence-corrected chi connectivity index (χ3v) is 9.04. The van der Waals surface area contributed by atoms with Gasteiger partial charge < -0.3 is 0 Å². The third kappa shape index (κ3) is 3.83. The Balaban J connectivity index is 1.80. The van der Waals surface area contributed by atoms with Crippen LogP contribution in [0.25, 0.3) is 10.8 Å². The first-order chi connectivity index (χ1) is 19.1. The van der Waals surface area contributed by atoms with Crippen molar-refractivity contribution in [2.75, 3.05) is 0 Å². The van der Waals surface area contributed by atoms with Gasteiger partial charge in [0.05, 0.1) is 18.1 Å². The molecule has 1 heterocycles. The summed E-state index contributed by atoms with van der Waals surface area (Å²) >= 11 is 0. The van der Waals surface area contributed by atoms with Crippen LogP contribution in [0.4, 0.5) is 11.4 Å². The van der Waals surface area contributed by atoms with Gasteiger partial charge in [-0.25, -0.2) is 0 Å². The van der Waals surface area contributed by atoms with Gasteiger partial charge in [0.25, 0.3) is 11.4 Å². The van der Waals surface area contributed by atoms with Crippen molar-refractivity contribution in [3.63, 3.8) is 0 Å². The van der Waals surface area contributed by atoms with E-state index in [1.54, 1.807) is 0 Å². The molecule has 0 radical (unpaired) electrons. The molecule has 0 saturated heterocycles. The normalized spacial score (nSPS) is 15.2. The highest BCUT2D eigenvalue weighted by Crippen LogP contribution is 2.45. The molecule has 2 nitrogen and oxygen atoms in total. The Hall–Kier alpha value is -3.52. The van der Waals surface area contributed by atoms with Gasteiger partial charge in [-0.15, -0.1) is 9.15 Å². The molecule has 2 heteroatoms. The topological polar surface area (TPSA) is 6.02 Å². The van der Waals surface area contributed by atoms with Crippen molar-refractivity contribution in [3.05, 3.63) is 106 Å². The summed E-state index contributed by atoms with van der Waals surface area (Å²) in [5.41, 5.74) is 13.9. The fraction of sp³-hybridized carbons (Fsp3) is 0.368. The van der Waals surface area contributed by atoms with E-state index in [0.717, 1.165) is 0 Å². The molecule has 0 atom stereocenters. The van der Waals surface area contributed by atoms with E-state index in [1.807, 2.05) is 0 Å². The van der Waals surface area contributed by atoms with E-state index in [2.05, 4.69) is 144 Å². The zero-order valence-electron chi connectivity index (χ0n) is 25.7. The second kappa shape index (κ2) is 9.84. The van der Waals surface area contributed by atoms with Gasteiger partial charge in [-0.2, -0.15) is 0 Å². The number of hydrogen-bond acceptors (Lipinski definition) is 0. The van der Waals surface area contributed by atoms with E-state index in [-0.39, 0.29) is 6.17 Å². The van der Waals surface area contributed by atoms with E-state index in [4.69, 9.17) is 0 Å². The van der Waals surface area contributed by atoms with E-state index < -0.39 is 0 Å². The number of benzene rings is 4. The summed E-state index contributed by atoms with van der Waals surface area (Å²) in [6.07, 6.45) is 0.128. The molecule has 0 saturated carbocycles. The zero-order chi connectivity index (χ0) is 28.5. The molecule has 0 spiro atoms. The maximum Gasteiger partial charge on any atom is 0.351 e. The number of hydrogen-bond donors (Lipinski definition) is 0. The first-order valence-corrected chi connectivity index (χ1v) is 15.2. The Bertz CT molecular complexity index is 1540. The first kappa shape index (κ1) is 26.7. The van der Waals surface area contributed by atoms with Crippen LogP contribution in [0.2, 0.25) is 0 Å². The molecule has 1 aliphatic heterocycles. The Kier molecular flexibility index (Phi) is 6.56. The summed E-state index contributed by atoms with van der Waals surface area (Å²) in [6, 6.07) is 27.6. The molecule has 0 unspecified atom stereocenters. The lowest BCUT2D eigenvalue weighted by molar-refractivity contribution is -0.688. The minimum absolute atomic E-state index is 0.128. The molecule has 0 amide bonds. The lowest BCUT2D eigenvalue weighted by Crippen LogP contribution is -2.29. The summed E-state index contributed by atoms with van der Waals surface area (Å²) in [6.45, 7) is 21.1. The fourth-order valence-electron chi connectivity index (χ4n) is 7.14. The molecule has 204 valence electrons. The van der Waals surface area contributed by atoms with Gasteiger partial charge in [-0.1, -0.05) is 116 Å². The minimum Gasteiger partial charge on any atom is -0.123 e. The van der Waals surface area contributed by atoms with Crippen molar-refractivity contribution in [2.24, 2.45) is 0 Å². The van der Waals surface area contributed by atoms with Crippen molar-refractivity contribution >= 4 is 33.6 Å². The van der Waals surface area contributed by atoms with Gasteiger partial charge >= 0.3 is 6.17 Å². The van der Waals surface area contributed by atoms with Gasteiger partial charge in [0.1, 0.15) is 0 Å². The second-order valence-corrected chi connectivity index (χ2v) is 13.0. The molecular formula is C38H44N2+2. The largest absolute Gasteiger partial charge is 0.351 e. The van der Waals surface area contributed by atoms with Gasteiger partial charge in [0.2, 0.25) is 11.4 Å². The number of fused-ring (bicyclic) bond motifs is 3. The first-order valence-electron chi connectivity index (χ1n) is 15.2. The second-order valence-electron chi connectivity index (χ2n) is 13.0. The van der Waals surface area contributed by atoms with Crippen LogP contribution in [0.15, 0.2) is 72.8 Å². The summed E-state index contributed by atoms with van der Waals surface area (Å²) < 4.78 is 5.41. The molecule has 6 rings (SSSR count). The van der Waals surface area contributed by atoms with Gasteiger partial charge in [0, 0.05) is 27.6 Å². The van der Waals surface area contributed by atoms with Crippen LogP contribution in [-0.2, 0) is 0 Å². The number of para-hydroxylation sites is 2. The smallest absolute Gasteiger partial charge is 0.123 e. The number of rotatable bonds is 6. The fourth-order valence-corrected chi connectivity index (χ4v) is 7.14. The Morgan fingerprint density at radius 1 is 0.475 bits per heavy atom. The van der Waals surface area contributed by atoms with E-state index in [9.17, 15) is 0 Å². The highest BCUT2D eigenvalue weighted by atomic mass is 15.3. The van der Waals surface area contributed by atoms with Crippen molar-refractivity contribution in [3.8, 4) is 0 Å². The molecule has 4 aromatic carbocycles. The maximum absolute atomic E-state index is 2.70. The van der Waals surface area contributed by atoms with Crippen LogP contribution in [0.3, 0.4) is 0 Å². The van der Waals surface area contributed by atoms with Crippen LogP contribution < -0.4 is 0 Å². The molecule has 40 heavy (non-hydrogen) atoms. The number of nitrogens with zero attached hydrogens (tertiary/aromatic N) is 2. The zero-order valence-corrected chi connectivity index (χ0v) is 25.7. The predicted octanol–water partition coefficient (Wildman–Crippen LogP) is 9.97. The van der Waals surface area contributed by atoms with E-state index in [0.29, 0.717) is 23.7 Å². The standard InChI is InChI=1S/C38H44N2/c1-22(2)28-16-12-17-29(23(3)4)35(28)39-26(9)40(36-30(24(5)6)18-13-19-31(36)25(7)8)38-33-21-11-15-27-14-10-20-32(34(27)33)37(38)39/h10-26H,1-9H3/q+2. The van der Waals surface area contributed by atoms with Crippen LogP contribution >= 0.6 is 0 Å².